The average Bonchev–Trinajstić information content (AvgIpc) is 3.33. The van der Waals surface area contributed by atoms with Crippen LogP contribution in [0.4, 0.5) is 9.59 Å². The molecule has 1 N–H and O–H groups in total. The smallest absolute Gasteiger partial charge is 0.504 e. The van der Waals surface area contributed by atoms with E-state index in [1.165, 1.54) is 18.2 Å². The summed E-state index contributed by atoms with van der Waals surface area (Å²) in [6.07, 6.45) is -1.73. The minimum absolute atomic E-state index is 0.00634. The highest BCUT2D eigenvalue weighted by Crippen LogP contribution is 2.39. The molecule has 8 rings (SSSR count). The van der Waals surface area contributed by atoms with Crippen molar-refractivity contribution in [2.24, 2.45) is 0 Å². The Hall–Kier alpha value is -6.47. The van der Waals surface area contributed by atoms with Crippen LogP contribution >= 0.6 is 81.2 Å². The summed E-state index contributed by atoms with van der Waals surface area (Å²) >= 11 is 41.6. The van der Waals surface area contributed by atoms with Crippen molar-refractivity contribution in [2.75, 3.05) is 0 Å². The first kappa shape index (κ1) is 53.9. The fraction of sp³-hybridized carbons (Fsp3) is 0.0741. The lowest BCUT2D eigenvalue weighted by Crippen LogP contribution is -2.11. The van der Waals surface area contributed by atoms with Crippen LogP contribution in [-0.2, 0) is 22.7 Å². The van der Waals surface area contributed by atoms with Crippen LogP contribution < -0.4 is 23.7 Å². The van der Waals surface area contributed by atoms with Gasteiger partial charge in [-0.3, -0.25) is 0 Å². The van der Waals surface area contributed by atoms with Crippen LogP contribution in [0.25, 0.3) is 0 Å². The third-order valence-electron chi connectivity index (χ3n) is 9.35. The number of hydrogen-bond donors (Lipinski definition) is 1. The van der Waals surface area contributed by atoms with Crippen molar-refractivity contribution < 1.29 is 47.9 Å². The zero-order valence-corrected chi connectivity index (χ0v) is 42.6. The lowest BCUT2D eigenvalue weighted by atomic mass is 10.2. The average molecular weight is 1100 g/mol. The second kappa shape index (κ2) is 26.7. The van der Waals surface area contributed by atoms with Gasteiger partial charge < -0.3 is 38.3 Å². The number of aromatic hydroxyl groups is 1. The molecule has 0 aliphatic heterocycles. The molecule has 0 bridgehead atoms. The lowest BCUT2D eigenvalue weighted by Gasteiger charge is -2.13. The van der Waals surface area contributed by atoms with Crippen molar-refractivity contribution in [3.63, 3.8) is 0 Å². The van der Waals surface area contributed by atoms with Crippen LogP contribution in [0.15, 0.2) is 170 Å². The van der Waals surface area contributed by atoms with E-state index in [0.717, 1.165) is 22.3 Å². The topological polar surface area (TPSA) is 119 Å². The van der Waals surface area contributed by atoms with Crippen LogP contribution in [0.3, 0.4) is 0 Å². The molecular formula is C54H39Cl7O10. The van der Waals surface area contributed by atoms with E-state index >= 15 is 0 Å². The summed E-state index contributed by atoms with van der Waals surface area (Å²) < 4.78 is 38.0. The van der Waals surface area contributed by atoms with Crippen molar-refractivity contribution >= 4 is 93.5 Å². The van der Waals surface area contributed by atoms with Gasteiger partial charge in [0, 0.05) is 48.3 Å². The molecule has 0 atom stereocenters. The number of aryl methyl sites for hydroxylation is 2. The van der Waals surface area contributed by atoms with Crippen LogP contribution in [-0.4, -0.2) is 17.4 Å². The SMILES string of the molecule is Cc1cc(Cl)ccc1Oc1ccc(Cl)cc1O.Cc1cc(Cl)ccc1Oc1ccc(Cl)cc1OC(=O)OCc1ccccc1.O=C(OCc1ccccc1)Oc1cc(Cl)ccc1Oc1ccc(Cl)cc1Cl. The third-order valence-corrected chi connectivity index (χ3v) is 11.1. The summed E-state index contributed by atoms with van der Waals surface area (Å²) in [6.45, 7) is 3.94. The van der Waals surface area contributed by atoms with Gasteiger partial charge in [-0.15, -0.1) is 0 Å². The number of carbonyl (C=O) groups excluding carboxylic acids is 2. The molecule has 0 unspecified atom stereocenters. The van der Waals surface area contributed by atoms with E-state index in [1.54, 1.807) is 91.0 Å². The van der Waals surface area contributed by atoms with Crippen LogP contribution in [0.1, 0.15) is 22.3 Å². The highest BCUT2D eigenvalue weighted by molar-refractivity contribution is 6.35. The van der Waals surface area contributed by atoms with Gasteiger partial charge in [-0.1, -0.05) is 142 Å². The maximum Gasteiger partial charge on any atom is 0.514 e. The van der Waals surface area contributed by atoms with Crippen LogP contribution in [0.5, 0.6) is 51.7 Å². The van der Waals surface area contributed by atoms with Gasteiger partial charge in [0.2, 0.25) is 0 Å². The number of carbonyl (C=O) groups is 2. The number of phenols is 1. The Kier molecular flexibility index (Phi) is 20.2. The molecule has 8 aromatic rings. The summed E-state index contributed by atoms with van der Waals surface area (Å²) in [6, 6.07) is 47.9. The highest BCUT2D eigenvalue weighted by atomic mass is 35.5. The number of ether oxygens (including phenoxy) is 7. The summed E-state index contributed by atoms with van der Waals surface area (Å²) in [4.78, 5) is 24.1. The Balaban J connectivity index is 0.000000179. The number of benzene rings is 8. The van der Waals surface area contributed by atoms with Crippen molar-refractivity contribution in [3.8, 4) is 51.7 Å². The van der Waals surface area contributed by atoms with Crippen LogP contribution in [0, 0.1) is 13.8 Å². The molecule has 0 aliphatic rings. The molecule has 0 spiro atoms. The molecular weight excluding hydrogens is 1060 g/mol. The first-order chi connectivity index (χ1) is 34.1. The Labute approximate surface area is 444 Å². The van der Waals surface area contributed by atoms with Gasteiger partial charge in [0.25, 0.3) is 0 Å². The summed E-state index contributed by atoms with van der Waals surface area (Å²) in [5, 5.41) is 12.9. The monoisotopic (exact) mass is 1090 g/mol. The van der Waals surface area contributed by atoms with E-state index in [4.69, 9.17) is 114 Å². The van der Waals surface area contributed by atoms with E-state index in [9.17, 15) is 14.7 Å². The standard InChI is InChI=1S/C21H16Cl2O4.C20H13Cl3O4.C13H10Cl2O2/c1-14-11-16(22)7-9-18(14)26-19-10-8-17(23)12-20(19)27-21(24)25-13-15-5-3-2-4-6-15;21-14-6-8-17(16(23)10-14)26-18-9-7-15(22)11-19(18)27-20(24)25-12-13-4-2-1-3-5-13;1-8-6-9(14)2-4-12(8)17-13-5-3-10(15)7-11(13)16/h2-12H,13H2,1H3;1-11H,12H2;2-7,16H,1H3. The molecule has 0 heterocycles. The van der Waals surface area contributed by atoms with Gasteiger partial charge >= 0.3 is 12.3 Å². The van der Waals surface area contributed by atoms with Crippen molar-refractivity contribution in [3.05, 3.63) is 227 Å². The Bertz CT molecular complexity index is 2880. The second-order valence-electron chi connectivity index (χ2n) is 14.7. The Morgan fingerprint density at radius 2 is 0.718 bits per heavy atom. The zero-order chi connectivity index (χ0) is 50.9. The van der Waals surface area contributed by atoms with E-state index in [2.05, 4.69) is 0 Å². The fourth-order valence-electron chi connectivity index (χ4n) is 5.91. The molecule has 364 valence electrons. The molecule has 0 radical (unpaired) electrons. The molecule has 10 nitrogen and oxygen atoms in total. The highest BCUT2D eigenvalue weighted by Gasteiger charge is 2.17. The van der Waals surface area contributed by atoms with Gasteiger partial charge in [0.1, 0.15) is 30.5 Å². The first-order valence-electron chi connectivity index (χ1n) is 20.9. The summed E-state index contributed by atoms with van der Waals surface area (Å²) in [5.74, 6) is 2.80. The summed E-state index contributed by atoms with van der Waals surface area (Å²) in [7, 11) is 0. The van der Waals surface area contributed by atoms with Crippen LogP contribution in [0.2, 0.25) is 35.2 Å². The van der Waals surface area contributed by atoms with Crippen molar-refractivity contribution in [1.29, 1.82) is 0 Å². The Morgan fingerprint density at radius 3 is 1.13 bits per heavy atom. The van der Waals surface area contributed by atoms with Crippen molar-refractivity contribution in [1.82, 2.24) is 0 Å². The lowest BCUT2D eigenvalue weighted by molar-refractivity contribution is 0.0910. The van der Waals surface area contributed by atoms with E-state index in [0.29, 0.717) is 63.9 Å². The largest absolute Gasteiger partial charge is 0.514 e. The first-order valence-corrected chi connectivity index (χ1v) is 23.6. The van der Waals surface area contributed by atoms with Crippen molar-refractivity contribution in [2.45, 2.75) is 27.1 Å². The minimum Gasteiger partial charge on any atom is -0.504 e. The Morgan fingerprint density at radius 1 is 0.380 bits per heavy atom. The number of phenolic OH excluding ortho intramolecular Hbond substituents is 1. The molecule has 71 heavy (non-hydrogen) atoms. The molecule has 0 aromatic heterocycles. The fourth-order valence-corrected chi connectivity index (χ4v) is 7.30. The second-order valence-corrected chi connectivity index (χ2v) is 17.8. The zero-order valence-electron chi connectivity index (χ0n) is 37.3. The van der Waals surface area contributed by atoms with Gasteiger partial charge in [-0.05, 0) is 127 Å². The van der Waals surface area contributed by atoms with E-state index in [-0.39, 0.29) is 36.2 Å². The third kappa shape index (κ3) is 17.4. The number of hydrogen-bond acceptors (Lipinski definition) is 10. The molecule has 0 amide bonds. The van der Waals surface area contributed by atoms with E-state index < -0.39 is 12.3 Å². The van der Waals surface area contributed by atoms with Gasteiger partial charge in [0.05, 0.1) is 5.02 Å². The number of halogens is 7. The molecule has 17 heteroatoms. The molecule has 0 aliphatic carbocycles. The maximum atomic E-state index is 12.1. The molecule has 0 saturated heterocycles. The van der Waals surface area contributed by atoms with E-state index in [1.807, 2.05) is 74.5 Å². The van der Waals surface area contributed by atoms with Gasteiger partial charge in [-0.2, -0.15) is 0 Å². The molecule has 0 fully saturated rings. The number of rotatable bonds is 12. The maximum absolute atomic E-state index is 12.1. The minimum atomic E-state index is -0.881. The molecule has 8 aromatic carbocycles. The normalized spacial score (nSPS) is 10.3. The molecule has 0 saturated carbocycles. The predicted octanol–water partition coefficient (Wildman–Crippen LogP) is 18.8. The summed E-state index contributed by atoms with van der Waals surface area (Å²) in [5.41, 5.74) is 3.43. The quantitative estimate of drug-likeness (QED) is 0.0936. The van der Waals surface area contributed by atoms with Gasteiger partial charge in [0.15, 0.2) is 34.5 Å². The van der Waals surface area contributed by atoms with Gasteiger partial charge in [-0.25, -0.2) is 9.59 Å². The predicted molar refractivity (Wildman–Crippen MR) is 280 cm³/mol.